The van der Waals surface area contributed by atoms with Crippen LogP contribution in [-0.2, 0) is 6.73 Å². The fourth-order valence-electron chi connectivity index (χ4n) is 2.49. The number of amides is 1. The van der Waals surface area contributed by atoms with Gasteiger partial charge < -0.3 is 9.84 Å². The van der Waals surface area contributed by atoms with Gasteiger partial charge in [-0.2, -0.15) is 15.2 Å². The maximum Gasteiger partial charge on any atom is 0.297 e. The van der Waals surface area contributed by atoms with Crippen LogP contribution in [0.15, 0.2) is 41.6 Å². The van der Waals surface area contributed by atoms with E-state index in [9.17, 15) is 18.7 Å². The second kappa shape index (κ2) is 7.00. The molecule has 0 unspecified atom stereocenters. The molecule has 0 saturated carbocycles. The molecule has 0 radical (unpaired) electrons. The topological polar surface area (TPSA) is 80.0 Å². The summed E-state index contributed by atoms with van der Waals surface area (Å²) in [6.45, 7) is 1.44. The summed E-state index contributed by atoms with van der Waals surface area (Å²) in [6.07, 6.45) is -2.14. The Morgan fingerprint density at radius 2 is 2.23 bits per heavy atom. The second-order valence-corrected chi connectivity index (χ2v) is 6.22. The molecule has 1 aliphatic rings. The Kier molecular flexibility index (Phi) is 4.92. The van der Waals surface area contributed by atoms with Gasteiger partial charge in [0.1, 0.15) is 5.75 Å². The van der Waals surface area contributed by atoms with Crippen molar-refractivity contribution < 1.29 is 23.4 Å². The minimum atomic E-state index is -3.17. The minimum Gasteiger partial charge on any atom is -0.471 e. The van der Waals surface area contributed by atoms with E-state index in [1.54, 1.807) is 24.3 Å². The van der Waals surface area contributed by atoms with Crippen LogP contribution >= 0.6 is 11.6 Å². The number of aromatic nitrogens is 2. The van der Waals surface area contributed by atoms with Crippen LogP contribution in [0.1, 0.15) is 23.8 Å². The van der Waals surface area contributed by atoms with E-state index in [2.05, 4.69) is 10.2 Å². The Balaban J connectivity index is 1.72. The van der Waals surface area contributed by atoms with Gasteiger partial charge in [0.25, 0.3) is 12.3 Å². The van der Waals surface area contributed by atoms with Gasteiger partial charge in [0, 0.05) is 23.4 Å². The van der Waals surface area contributed by atoms with Crippen molar-refractivity contribution in [1.29, 1.82) is 0 Å². The van der Waals surface area contributed by atoms with Crippen LogP contribution in [0, 0.1) is 0 Å². The number of rotatable bonds is 5. The largest absolute Gasteiger partial charge is 0.471 e. The molecule has 3 rings (SSSR count). The molecule has 7 nitrogen and oxygen atoms in total. The normalized spacial score (nSPS) is 19.8. The zero-order valence-electron chi connectivity index (χ0n) is 13.6. The van der Waals surface area contributed by atoms with E-state index in [-0.39, 0.29) is 18.1 Å². The summed E-state index contributed by atoms with van der Waals surface area (Å²) in [5, 5.41) is 18.7. The van der Waals surface area contributed by atoms with Gasteiger partial charge in [-0.25, -0.2) is 13.5 Å². The number of benzene rings is 1. The third kappa shape index (κ3) is 3.54. The number of carbonyl (C=O) groups is 1. The van der Waals surface area contributed by atoms with Crippen molar-refractivity contribution in [2.75, 3.05) is 0 Å². The molecule has 138 valence electrons. The molecule has 26 heavy (non-hydrogen) atoms. The highest BCUT2D eigenvalue weighted by molar-refractivity contribution is 6.30. The average molecular weight is 385 g/mol. The van der Waals surface area contributed by atoms with Gasteiger partial charge in [-0.15, -0.1) is 0 Å². The van der Waals surface area contributed by atoms with Gasteiger partial charge in [0.05, 0.1) is 0 Å². The molecular formula is C16H15ClF2N4O3. The first-order valence-electron chi connectivity index (χ1n) is 7.60. The molecule has 0 spiro atoms. The van der Waals surface area contributed by atoms with Crippen molar-refractivity contribution in [3.63, 3.8) is 0 Å². The Morgan fingerprint density at radius 1 is 1.46 bits per heavy atom. The molecule has 1 amide bonds. The van der Waals surface area contributed by atoms with Crippen molar-refractivity contribution >= 4 is 23.2 Å². The van der Waals surface area contributed by atoms with Gasteiger partial charge in [-0.05, 0) is 31.2 Å². The molecule has 1 atom stereocenters. The van der Waals surface area contributed by atoms with Crippen LogP contribution in [-0.4, -0.2) is 43.7 Å². The van der Waals surface area contributed by atoms with E-state index in [1.807, 2.05) is 0 Å². The monoisotopic (exact) mass is 384 g/mol. The smallest absolute Gasteiger partial charge is 0.297 e. The molecule has 0 aliphatic carbocycles. The van der Waals surface area contributed by atoms with E-state index in [0.29, 0.717) is 15.8 Å². The Bertz CT molecular complexity index is 858. The van der Waals surface area contributed by atoms with Crippen LogP contribution < -0.4 is 4.74 Å². The SMILES string of the molecule is CC1=NN(C(=O)c2ccn(COc3cccc(Cl)c3)n2)[C@@](O)(C(F)F)C1. The highest BCUT2D eigenvalue weighted by Crippen LogP contribution is 2.32. The Hall–Kier alpha value is -2.52. The lowest BCUT2D eigenvalue weighted by Crippen LogP contribution is -2.51. The zero-order chi connectivity index (χ0) is 18.9. The van der Waals surface area contributed by atoms with Crippen LogP contribution in [0.25, 0.3) is 0 Å². The summed E-state index contributed by atoms with van der Waals surface area (Å²) in [5.41, 5.74) is -2.58. The van der Waals surface area contributed by atoms with E-state index in [1.165, 1.54) is 23.9 Å². The zero-order valence-corrected chi connectivity index (χ0v) is 14.4. The van der Waals surface area contributed by atoms with Gasteiger partial charge in [-0.3, -0.25) is 4.79 Å². The molecule has 1 aromatic carbocycles. The summed E-state index contributed by atoms with van der Waals surface area (Å²) >= 11 is 5.86. The number of aliphatic hydroxyl groups is 1. The molecule has 1 aliphatic heterocycles. The number of halogens is 3. The summed E-state index contributed by atoms with van der Waals surface area (Å²) in [6, 6.07) is 8.06. The van der Waals surface area contributed by atoms with E-state index < -0.39 is 24.5 Å². The first-order chi connectivity index (χ1) is 12.3. The highest BCUT2D eigenvalue weighted by atomic mass is 35.5. The van der Waals surface area contributed by atoms with Crippen molar-refractivity contribution in [2.24, 2.45) is 5.10 Å². The predicted molar refractivity (Wildman–Crippen MR) is 89.2 cm³/mol. The number of hydrogen-bond donors (Lipinski definition) is 1. The minimum absolute atomic E-state index is 0.0188. The molecule has 0 saturated heterocycles. The van der Waals surface area contributed by atoms with Crippen LogP contribution in [0.5, 0.6) is 5.75 Å². The summed E-state index contributed by atoms with van der Waals surface area (Å²) in [7, 11) is 0. The first kappa shape index (κ1) is 18.3. The molecule has 1 N–H and O–H groups in total. The molecule has 2 aromatic rings. The maximum atomic E-state index is 13.2. The first-order valence-corrected chi connectivity index (χ1v) is 7.98. The van der Waals surface area contributed by atoms with Gasteiger partial charge in [0.2, 0.25) is 5.72 Å². The van der Waals surface area contributed by atoms with Gasteiger partial charge in [-0.1, -0.05) is 17.7 Å². The number of carbonyl (C=O) groups excluding carboxylic acids is 1. The average Bonchev–Trinajstić information content (AvgIpc) is 3.17. The Morgan fingerprint density at radius 3 is 2.92 bits per heavy atom. The number of ether oxygens (including phenoxy) is 1. The maximum absolute atomic E-state index is 13.2. The molecule has 1 aromatic heterocycles. The molecule has 10 heteroatoms. The quantitative estimate of drug-likeness (QED) is 0.859. The van der Waals surface area contributed by atoms with E-state index in [4.69, 9.17) is 16.3 Å². The van der Waals surface area contributed by atoms with Crippen molar-refractivity contribution in [3.8, 4) is 5.75 Å². The molecular weight excluding hydrogens is 370 g/mol. The Labute approximate surface area is 152 Å². The van der Waals surface area contributed by atoms with Crippen LogP contribution in [0.3, 0.4) is 0 Å². The van der Waals surface area contributed by atoms with E-state index >= 15 is 0 Å². The second-order valence-electron chi connectivity index (χ2n) is 5.78. The summed E-state index contributed by atoms with van der Waals surface area (Å²) < 4.78 is 33.2. The molecule has 2 heterocycles. The van der Waals surface area contributed by atoms with Crippen molar-refractivity contribution in [2.45, 2.75) is 32.2 Å². The van der Waals surface area contributed by atoms with E-state index in [0.717, 1.165) is 0 Å². The highest BCUT2D eigenvalue weighted by Gasteiger charge is 2.51. The van der Waals surface area contributed by atoms with Crippen LogP contribution in [0.4, 0.5) is 8.78 Å². The number of hydrogen-bond acceptors (Lipinski definition) is 5. The lowest BCUT2D eigenvalue weighted by atomic mass is 10.1. The summed E-state index contributed by atoms with van der Waals surface area (Å²) in [4.78, 5) is 12.4. The molecule has 0 fully saturated rings. The van der Waals surface area contributed by atoms with Gasteiger partial charge in [0.15, 0.2) is 12.4 Å². The van der Waals surface area contributed by atoms with Gasteiger partial charge >= 0.3 is 0 Å². The lowest BCUT2D eigenvalue weighted by Gasteiger charge is -2.29. The number of alkyl halides is 2. The third-order valence-electron chi connectivity index (χ3n) is 3.71. The number of nitrogens with zero attached hydrogens (tertiary/aromatic N) is 4. The number of hydrazone groups is 1. The van der Waals surface area contributed by atoms with Crippen LogP contribution in [0.2, 0.25) is 5.02 Å². The third-order valence-corrected chi connectivity index (χ3v) is 3.95. The standard InChI is InChI=1S/C16H15ClF2N4O3/c1-10-8-16(25,15(18)19)23(20-10)14(24)13-5-6-22(21-13)9-26-12-4-2-3-11(17)7-12/h2-7,15,25H,8-9H2,1H3/t16-/m0/s1. The predicted octanol–water partition coefficient (Wildman–Crippen LogP) is 2.75. The molecule has 0 bridgehead atoms. The summed E-state index contributed by atoms with van der Waals surface area (Å²) in [5.74, 6) is -0.418. The fourth-order valence-corrected chi connectivity index (χ4v) is 2.67. The fraction of sp³-hybridized carbons (Fsp3) is 0.312. The van der Waals surface area contributed by atoms with Crippen molar-refractivity contribution in [1.82, 2.24) is 14.8 Å². The van der Waals surface area contributed by atoms with Crippen molar-refractivity contribution in [3.05, 3.63) is 47.2 Å². The lowest BCUT2D eigenvalue weighted by molar-refractivity contribution is -0.164.